The number of hydrogen-bond acceptors (Lipinski definition) is 3. The molecule has 25 heavy (non-hydrogen) atoms. The molecular weight excluding hydrogens is 316 g/mol. The summed E-state index contributed by atoms with van der Waals surface area (Å²) in [6.45, 7) is 2.34. The van der Waals surface area contributed by atoms with Crippen molar-refractivity contribution in [2.75, 3.05) is 6.54 Å². The summed E-state index contributed by atoms with van der Waals surface area (Å²) < 4.78 is 0. The van der Waals surface area contributed by atoms with Crippen molar-refractivity contribution in [2.45, 2.75) is 31.9 Å². The molecule has 1 aliphatic carbocycles. The Morgan fingerprint density at radius 1 is 0.960 bits per heavy atom. The van der Waals surface area contributed by atoms with Crippen LogP contribution in [-0.4, -0.2) is 29.1 Å². The molecule has 0 spiro atoms. The van der Waals surface area contributed by atoms with Crippen molar-refractivity contribution in [3.63, 3.8) is 0 Å². The largest absolute Gasteiger partial charge is 0.387 e. The van der Waals surface area contributed by atoms with Gasteiger partial charge in [-0.15, -0.1) is 0 Å². The summed E-state index contributed by atoms with van der Waals surface area (Å²) in [5.74, 6) is -1.42. The van der Waals surface area contributed by atoms with Gasteiger partial charge in [0, 0.05) is 25.9 Å². The van der Waals surface area contributed by atoms with E-state index < -0.39 is 17.4 Å². The summed E-state index contributed by atoms with van der Waals surface area (Å²) in [5.41, 5.74) is 3.21. The summed E-state index contributed by atoms with van der Waals surface area (Å²) in [4.78, 5) is 23.9. The van der Waals surface area contributed by atoms with Crippen LogP contribution in [0, 0.1) is 6.92 Å². The molecule has 0 saturated heterocycles. The van der Waals surface area contributed by atoms with Crippen molar-refractivity contribution < 1.29 is 14.7 Å². The number of amides is 2. The van der Waals surface area contributed by atoms with E-state index in [-0.39, 0.29) is 6.54 Å². The van der Waals surface area contributed by atoms with E-state index >= 15 is 0 Å². The lowest BCUT2D eigenvalue weighted by Crippen LogP contribution is -2.48. The minimum atomic E-state index is -1.03. The first kappa shape index (κ1) is 17.2. The second-order valence-corrected chi connectivity index (χ2v) is 6.70. The molecule has 0 heterocycles. The molecule has 0 fully saturated rings. The molecule has 2 aromatic carbocycles. The molecule has 130 valence electrons. The van der Waals surface area contributed by atoms with E-state index in [9.17, 15) is 14.7 Å². The Balaban J connectivity index is 1.47. The van der Waals surface area contributed by atoms with Crippen LogP contribution in [0.25, 0.3) is 0 Å². The Morgan fingerprint density at radius 3 is 2.12 bits per heavy atom. The van der Waals surface area contributed by atoms with Crippen LogP contribution in [0.1, 0.15) is 22.3 Å². The maximum atomic E-state index is 12.0. The Morgan fingerprint density at radius 2 is 1.52 bits per heavy atom. The number of benzene rings is 2. The molecule has 3 N–H and O–H groups in total. The molecule has 5 nitrogen and oxygen atoms in total. The lowest BCUT2D eigenvalue weighted by Gasteiger charge is -2.22. The van der Waals surface area contributed by atoms with Crippen LogP contribution in [0.15, 0.2) is 48.5 Å². The first-order chi connectivity index (χ1) is 12.0. The van der Waals surface area contributed by atoms with Gasteiger partial charge in [-0.05, 0) is 23.6 Å². The van der Waals surface area contributed by atoms with Gasteiger partial charge < -0.3 is 15.7 Å². The van der Waals surface area contributed by atoms with Gasteiger partial charge in [0.1, 0.15) is 0 Å². The maximum Gasteiger partial charge on any atom is 0.309 e. The molecule has 0 saturated carbocycles. The van der Waals surface area contributed by atoms with E-state index in [0.29, 0.717) is 19.4 Å². The first-order valence-corrected chi connectivity index (χ1v) is 8.36. The first-order valence-electron chi connectivity index (χ1n) is 8.36. The van der Waals surface area contributed by atoms with Crippen molar-refractivity contribution in [3.8, 4) is 0 Å². The normalized spacial score (nSPS) is 14.6. The van der Waals surface area contributed by atoms with E-state index in [1.807, 2.05) is 55.5 Å². The van der Waals surface area contributed by atoms with Crippen LogP contribution >= 0.6 is 0 Å². The third-order valence-corrected chi connectivity index (χ3v) is 4.52. The smallest absolute Gasteiger partial charge is 0.309 e. The van der Waals surface area contributed by atoms with Crippen molar-refractivity contribution >= 4 is 11.8 Å². The summed E-state index contributed by atoms with van der Waals surface area (Å²) in [6.07, 6.45) is 0.961. The average molecular weight is 338 g/mol. The Kier molecular flexibility index (Phi) is 4.86. The fourth-order valence-electron chi connectivity index (χ4n) is 3.09. The minimum absolute atomic E-state index is 0.0540. The SMILES string of the molecule is Cc1ccc(CNC(=O)C(=O)NCC2(O)Cc3ccccc3C2)cc1. The predicted molar refractivity (Wildman–Crippen MR) is 94.8 cm³/mol. The van der Waals surface area contributed by atoms with Gasteiger partial charge in [-0.2, -0.15) is 0 Å². The van der Waals surface area contributed by atoms with Crippen LogP contribution in [0.3, 0.4) is 0 Å². The van der Waals surface area contributed by atoms with Crippen molar-refractivity contribution in [3.05, 3.63) is 70.8 Å². The van der Waals surface area contributed by atoms with Crippen molar-refractivity contribution in [1.29, 1.82) is 0 Å². The zero-order valence-electron chi connectivity index (χ0n) is 14.2. The molecule has 5 heteroatoms. The molecule has 3 rings (SSSR count). The summed E-state index contributed by atoms with van der Waals surface area (Å²) >= 11 is 0. The van der Waals surface area contributed by atoms with Gasteiger partial charge in [-0.25, -0.2) is 0 Å². The Labute approximate surface area is 147 Å². The zero-order valence-corrected chi connectivity index (χ0v) is 14.2. The van der Waals surface area contributed by atoms with Crippen LogP contribution in [-0.2, 0) is 29.0 Å². The topological polar surface area (TPSA) is 78.4 Å². The van der Waals surface area contributed by atoms with E-state index in [4.69, 9.17) is 0 Å². The second-order valence-electron chi connectivity index (χ2n) is 6.70. The molecule has 0 unspecified atom stereocenters. The summed E-state index contributed by atoms with van der Waals surface area (Å²) in [7, 11) is 0. The summed E-state index contributed by atoms with van der Waals surface area (Å²) in [6, 6.07) is 15.5. The Hall–Kier alpha value is -2.66. The van der Waals surface area contributed by atoms with Gasteiger partial charge >= 0.3 is 11.8 Å². The van der Waals surface area contributed by atoms with Gasteiger partial charge in [0.2, 0.25) is 0 Å². The molecule has 0 atom stereocenters. The van der Waals surface area contributed by atoms with Gasteiger partial charge in [0.05, 0.1) is 5.60 Å². The monoisotopic (exact) mass is 338 g/mol. The third-order valence-electron chi connectivity index (χ3n) is 4.52. The molecular formula is C20H22N2O3. The number of aryl methyl sites for hydroxylation is 1. The molecule has 2 amide bonds. The van der Waals surface area contributed by atoms with E-state index in [0.717, 1.165) is 22.3 Å². The van der Waals surface area contributed by atoms with Crippen LogP contribution in [0.4, 0.5) is 0 Å². The Bertz CT molecular complexity index is 759. The fraction of sp³-hybridized carbons (Fsp3) is 0.300. The number of nitrogens with one attached hydrogen (secondary N) is 2. The fourth-order valence-corrected chi connectivity index (χ4v) is 3.09. The maximum absolute atomic E-state index is 12.0. The highest BCUT2D eigenvalue weighted by Gasteiger charge is 2.35. The van der Waals surface area contributed by atoms with Crippen LogP contribution < -0.4 is 10.6 Å². The summed E-state index contributed by atoms with van der Waals surface area (Å²) in [5, 5.41) is 15.8. The molecule has 0 aromatic heterocycles. The van der Waals surface area contributed by atoms with Gasteiger partial charge in [0.15, 0.2) is 0 Å². The van der Waals surface area contributed by atoms with Gasteiger partial charge in [-0.3, -0.25) is 9.59 Å². The van der Waals surface area contributed by atoms with E-state index in [1.54, 1.807) is 0 Å². The van der Waals surface area contributed by atoms with Crippen LogP contribution in [0.2, 0.25) is 0 Å². The highest BCUT2D eigenvalue weighted by Crippen LogP contribution is 2.29. The molecule has 1 aliphatic rings. The molecule has 0 bridgehead atoms. The number of carbonyl (C=O) groups is 2. The lowest BCUT2D eigenvalue weighted by molar-refractivity contribution is -0.139. The third kappa shape index (κ3) is 4.25. The quantitative estimate of drug-likeness (QED) is 0.735. The van der Waals surface area contributed by atoms with Crippen molar-refractivity contribution in [2.24, 2.45) is 0 Å². The second kappa shape index (κ2) is 7.07. The number of carbonyl (C=O) groups excluding carboxylic acids is 2. The number of hydrogen-bond donors (Lipinski definition) is 3. The molecule has 0 radical (unpaired) electrons. The molecule has 2 aromatic rings. The lowest BCUT2D eigenvalue weighted by atomic mass is 10.0. The van der Waals surface area contributed by atoms with E-state index in [1.165, 1.54) is 0 Å². The number of rotatable bonds is 4. The number of aliphatic hydroxyl groups is 1. The van der Waals surface area contributed by atoms with Gasteiger partial charge in [-0.1, -0.05) is 54.1 Å². The van der Waals surface area contributed by atoms with Crippen molar-refractivity contribution in [1.82, 2.24) is 10.6 Å². The highest BCUT2D eigenvalue weighted by atomic mass is 16.3. The minimum Gasteiger partial charge on any atom is -0.387 e. The zero-order chi connectivity index (χ0) is 17.9. The van der Waals surface area contributed by atoms with Crippen LogP contribution in [0.5, 0.6) is 0 Å². The predicted octanol–water partition coefficient (Wildman–Crippen LogP) is 1.26. The number of fused-ring (bicyclic) bond motifs is 1. The highest BCUT2D eigenvalue weighted by molar-refractivity contribution is 6.35. The molecule has 0 aliphatic heterocycles. The van der Waals surface area contributed by atoms with Gasteiger partial charge in [0.25, 0.3) is 0 Å². The van der Waals surface area contributed by atoms with E-state index in [2.05, 4.69) is 10.6 Å². The average Bonchev–Trinajstić information content (AvgIpc) is 2.95. The standard InChI is InChI=1S/C20H22N2O3/c1-14-6-8-15(9-7-14)12-21-18(23)19(24)22-13-20(25)10-16-4-2-3-5-17(16)11-20/h2-9,25H,10-13H2,1H3,(H,21,23)(H,22,24).